The average Bonchev–Trinajstić information content (AvgIpc) is 2.30. The van der Waals surface area contributed by atoms with Gasteiger partial charge >= 0.3 is 0 Å². The van der Waals surface area contributed by atoms with Crippen LogP contribution in [0.3, 0.4) is 0 Å². The molecule has 0 fully saturated rings. The average molecular weight is 255 g/mol. The summed E-state index contributed by atoms with van der Waals surface area (Å²) in [6.07, 6.45) is 1.94. The molecule has 1 rings (SSSR count). The second-order valence-electron chi connectivity index (χ2n) is 4.43. The van der Waals surface area contributed by atoms with Gasteiger partial charge in [-0.3, -0.25) is 0 Å². The molecule has 0 aliphatic rings. The fourth-order valence-corrected chi connectivity index (χ4v) is 2.67. The first-order chi connectivity index (χ1) is 7.99. The lowest BCUT2D eigenvalue weighted by Crippen LogP contribution is -2.08. The standard InChI is InChI=1S/C13H21NO2S/c1-3-17(15,16)13-6-4-12(5-7-13)10-11(2)8-9-14/h4-7,11H,3,8-10,14H2,1-2H3. The van der Waals surface area contributed by atoms with E-state index in [9.17, 15) is 8.42 Å². The summed E-state index contributed by atoms with van der Waals surface area (Å²) in [6.45, 7) is 4.51. The van der Waals surface area contributed by atoms with Crippen LogP contribution in [0.4, 0.5) is 0 Å². The maximum atomic E-state index is 11.6. The number of sulfone groups is 1. The maximum Gasteiger partial charge on any atom is 0.178 e. The van der Waals surface area contributed by atoms with Gasteiger partial charge in [-0.2, -0.15) is 0 Å². The van der Waals surface area contributed by atoms with Gasteiger partial charge in [0.25, 0.3) is 0 Å². The number of rotatable bonds is 6. The van der Waals surface area contributed by atoms with Crippen molar-refractivity contribution >= 4 is 9.84 Å². The van der Waals surface area contributed by atoms with Crippen LogP contribution in [-0.2, 0) is 16.3 Å². The molecule has 0 heterocycles. The molecule has 1 aromatic carbocycles. The zero-order valence-corrected chi connectivity index (χ0v) is 11.3. The second kappa shape index (κ2) is 6.17. The van der Waals surface area contributed by atoms with Gasteiger partial charge in [0.2, 0.25) is 0 Å². The highest BCUT2D eigenvalue weighted by atomic mass is 32.2. The van der Waals surface area contributed by atoms with Crippen molar-refractivity contribution in [2.75, 3.05) is 12.3 Å². The zero-order valence-electron chi connectivity index (χ0n) is 10.5. The van der Waals surface area contributed by atoms with Gasteiger partial charge in [0.1, 0.15) is 0 Å². The highest BCUT2D eigenvalue weighted by Gasteiger charge is 2.11. The van der Waals surface area contributed by atoms with Crippen LogP contribution in [0, 0.1) is 5.92 Å². The summed E-state index contributed by atoms with van der Waals surface area (Å²) in [7, 11) is -3.07. The van der Waals surface area contributed by atoms with Crippen molar-refractivity contribution in [2.24, 2.45) is 11.7 Å². The molecule has 0 bridgehead atoms. The van der Waals surface area contributed by atoms with Gasteiger partial charge in [-0.05, 0) is 43.0 Å². The second-order valence-corrected chi connectivity index (χ2v) is 6.71. The van der Waals surface area contributed by atoms with Crippen molar-refractivity contribution in [1.82, 2.24) is 0 Å². The summed E-state index contributed by atoms with van der Waals surface area (Å²) in [5, 5.41) is 0. The van der Waals surface area contributed by atoms with Gasteiger partial charge in [-0.15, -0.1) is 0 Å². The molecule has 1 aromatic rings. The third-order valence-electron chi connectivity index (χ3n) is 2.91. The van der Waals surface area contributed by atoms with Crippen molar-refractivity contribution in [3.05, 3.63) is 29.8 Å². The van der Waals surface area contributed by atoms with Gasteiger partial charge in [-0.1, -0.05) is 26.0 Å². The Morgan fingerprint density at radius 1 is 1.24 bits per heavy atom. The van der Waals surface area contributed by atoms with Crippen LogP contribution in [0.15, 0.2) is 29.2 Å². The van der Waals surface area contributed by atoms with Crippen LogP contribution in [-0.4, -0.2) is 20.7 Å². The van der Waals surface area contributed by atoms with E-state index in [1.54, 1.807) is 19.1 Å². The van der Waals surface area contributed by atoms with Crippen molar-refractivity contribution in [1.29, 1.82) is 0 Å². The molecule has 2 N–H and O–H groups in total. The molecule has 0 aliphatic carbocycles. The monoisotopic (exact) mass is 255 g/mol. The first-order valence-corrected chi connectivity index (χ1v) is 7.66. The molecular weight excluding hydrogens is 234 g/mol. The summed E-state index contributed by atoms with van der Waals surface area (Å²) < 4.78 is 23.2. The van der Waals surface area contributed by atoms with Gasteiger partial charge in [0.05, 0.1) is 10.6 Å². The number of nitrogens with two attached hydrogens (primary N) is 1. The first-order valence-electron chi connectivity index (χ1n) is 6.01. The van der Waals surface area contributed by atoms with Crippen molar-refractivity contribution in [3.8, 4) is 0 Å². The minimum Gasteiger partial charge on any atom is -0.330 e. The maximum absolute atomic E-state index is 11.6. The first kappa shape index (κ1) is 14.2. The Morgan fingerprint density at radius 3 is 2.29 bits per heavy atom. The lowest BCUT2D eigenvalue weighted by atomic mass is 9.98. The van der Waals surface area contributed by atoms with E-state index in [4.69, 9.17) is 5.73 Å². The number of hydrogen-bond acceptors (Lipinski definition) is 3. The quantitative estimate of drug-likeness (QED) is 0.846. The Morgan fingerprint density at radius 2 is 1.82 bits per heavy atom. The molecule has 1 atom stereocenters. The Kier molecular flexibility index (Phi) is 5.15. The van der Waals surface area contributed by atoms with E-state index in [-0.39, 0.29) is 5.75 Å². The predicted molar refractivity (Wildman–Crippen MR) is 70.7 cm³/mol. The Labute approximate surface area is 104 Å². The normalized spacial score (nSPS) is 13.6. The number of benzene rings is 1. The Bertz CT molecular complexity index is 437. The summed E-state index contributed by atoms with van der Waals surface area (Å²) in [6, 6.07) is 7.19. The molecule has 0 spiro atoms. The van der Waals surface area contributed by atoms with E-state index < -0.39 is 9.84 Å². The largest absolute Gasteiger partial charge is 0.330 e. The summed E-state index contributed by atoms with van der Waals surface area (Å²) in [5.41, 5.74) is 6.67. The fraction of sp³-hybridized carbons (Fsp3) is 0.538. The summed E-state index contributed by atoms with van der Waals surface area (Å²) >= 11 is 0. The van der Waals surface area contributed by atoms with E-state index in [0.717, 1.165) is 12.8 Å². The molecule has 96 valence electrons. The summed E-state index contributed by atoms with van der Waals surface area (Å²) in [5.74, 6) is 0.685. The Hall–Kier alpha value is -0.870. The molecule has 0 aliphatic heterocycles. The Balaban J connectivity index is 2.75. The smallest absolute Gasteiger partial charge is 0.178 e. The topological polar surface area (TPSA) is 60.2 Å². The van der Waals surface area contributed by atoms with Crippen LogP contribution in [0.25, 0.3) is 0 Å². The van der Waals surface area contributed by atoms with Crippen molar-refractivity contribution in [2.45, 2.75) is 31.6 Å². The minimum absolute atomic E-state index is 0.149. The van der Waals surface area contributed by atoms with Crippen molar-refractivity contribution in [3.63, 3.8) is 0 Å². The molecule has 0 saturated carbocycles. The van der Waals surface area contributed by atoms with Gasteiger partial charge in [0, 0.05) is 0 Å². The van der Waals surface area contributed by atoms with E-state index in [2.05, 4.69) is 6.92 Å². The minimum atomic E-state index is -3.07. The lowest BCUT2D eigenvalue weighted by molar-refractivity contribution is 0.538. The van der Waals surface area contributed by atoms with E-state index in [0.29, 0.717) is 17.4 Å². The molecule has 3 nitrogen and oxygen atoms in total. The lowest BCUT2D eigenvalue weighted by Gasteiger charge is -2.10. The molecular formula is C13H21NO2S. The van der Waals surface area contributed by atoms with E-state index >= 15 is 0 Å². The van der Waals surface area contributed by atoms with Crippen LogP contribution >= 0.6 is 0 Å². The van der Waals surface area contributed by atoms with Crippen LogP contribution in [0.5, 0.6) is 0 Å². The van der Waals surface area contributed by atoms with E-state index in [1.165, 1.54) is 5.56 Å². The van der Waals surface area contributed by atoms with Gasteiger partial charge in [-0.25, -0.2) is 8.42 Å². The molecule has 1 unspecified atom stereocenters. The predicted octanol–water partition coefficient (Wildman–Crippen LogP) is 2.01. The summed E-state index contributed by atoms with van der Waals surface area (Å²) in [4.78, 5) is 0.412. The third-order valence-corrected chi connectivity index (χ3v) is 4.66. The van der Waals surface area contributed by atoms with Gasteiger partial charge < -0.3 is 5.73 Å². The third kappa shape index (κ3) is 4.13. The van der Waals surface area contributed by atoms with Crippen molar-refractivity contribution < 1.29 is 8.42 Å². The highest BCUT2D eigenvalue weighted by Crippen LogP contribution is 2.15. The molecule has 0 amide bonds. The zero-order chi connectivity index (χ0) is 12.9. The highest BCUT2D eigenvalue weighted by molar-refractivity contribution is 7.91. The van der Waals surface area contributed by atoms with E-state index in [1.807, 2.05) is 12.1 Å². The molecule has 17 heavy (non-hydrogen) atoms. The molecule has 0 radical (unpaired) electrons. The van der Waals surface area contributed by atoms with Gasteiger partial charge in [0.15, 0.2) is 9.84 Å². The molecule has 0 saturated heterocycles. The molecule has 0 aromatic heterocycles. The van der Waals surface area contributed by atoms with Crippen LogP contribution in [0.2, 0.25) is 0 Å². The molecule has 4 heteroatoms. The number of hydrogen-bond donors (Lipinski definition) is 1. The van der Waals surface area contributed by atoms with Crippen LogP contribution in [0.1, 0.15) is 25.8 Å². The SMILES string of the molecule is CCS(=O)(=O)c1ccc(CC(C)CCN)cc1. The fourth-order valence-electron chi connectivity index (χ4n) is 1.79. The van der Waals surface area contributed by atoms with Crippen LogP contribution < -0.4 is 5.73 Å².